The summed E-state index contributed by atoms with van der Waals surface area (Å²) in [5.74, 6) is 1.93. The first-order chi connectivity index (χ1) is 27.2. The lowest BCUT2D eigenvalue weighted by atomic mass is 9.96. The number of para-hydroxylation sites is 1. The van der Waals surface area contributed by atoms with Crippen LogP contribution >= 0.6 is 0 Å². The summed E-state index contributed by atoms with van der Waals surface area (Å²) < 4.78 is 2.42. The smallest absolute Gasteiger partial charge is 0.164 e. The number of aromatic nitrogens is 4. The van der Waals surface area contributed by atoms with Crippen LogP contribution in [0.2, 0.25) is 0 Å². The van der Waals surface area contributed by atoms with Crippen molar-refractivity contribution in [1.82, 2.24) is 19.5 Å². The highest BCUT2D eigenvalue weighted by molar-refractivity contribution is 6.19. The van der Waals surface area contributed by atoms with E-state index in [2.05, 4.69) is 168 Å². The highest BCUT2D eigenvalue weighted by atomic mass is 15.0. The molecule has 0 unspecified atom stereocenters. The molecule has 9 aromatic carbocycles. The summed E-state index contributed by atoms with van der Waals surface area (Å²) >= 11 is 0. The minimum atomic E-state index is 0.643. The van der Waals surface area contributed by atoms with Gasteiger partial charge in [0.2, 0.25) is 0 Å². The average molecular weight is 699 g/mol. The largest absolute Gasteiger partial charge is 0.309 e. The average Bonchev–Trinajstić information content (AvgIpc) is 3.75. The molecule has 0 radical (unpaired) electrons. The van der Waals surface area contributed by atoms with Gasteiger partial charge in [0.25, 0.3) is 0 Å². The van der Waals surface area contributed by atoms with Gasteiger partial charge in [0.05, 0.1) is 11.0 Å². The molecule has 0 fully saturated rings. The van der Waals surface area contributed by atoms with Crippen molar-refractivity contribution in [2.75, 3.05) is 0 Å². The zero-order valence-electron chi connectivity index (χ0n) is 29.6. The van der Waals surface area contributed by atoms with Crippen molar-refractivity contribution >= 4 is 54.1 Å². The third kappa shape index (κ3) is 4.55. The lowest BCUT2D eigenvalue weighted by Crippen LogP contribution is -2.03. The van der Waals surface area contributed by atoms with Crippen LogP contribution < -0.4 is 0 Å². The quantitative estimate of drug-likeness (QED) is 0.184. The molecule has 12 rings (SSSR count). The van der Waals surface area contributed by atoms with E-state index in [0.717, 1.165) is 44.4 Å². The minimum Gasteiger partial charge on any atom is -0.309 e. The lowest BCUT2D eigenvalue weighted by Gasteiger charge is -2.16. The highest BCUT2D eigenvalue weighted by Crippen LogP contribution is 2.52. The Morgan fingerprint density at radius 1 is 0.327 bits per heavy atom. The Bertz CT molecular complexity index is 3370. The van der Waals surface area contributed by atoms with Crippen molar-refractivity contribution < 1.29 is 0 Å². The Morgan fingerprint density at radius 2 is 0.945 bits per heavy atom. The van der Waals surface area contributed by atoms with Gasteiger partial charge in [0.1, 0.15) is 0 Å². The summed E-state index contributed by atoms with van der Waals surface area (Å²) in [6.07, 6.45) is 0. The predicted octanol–water partition coefficient (Wildman–Crippen LogP) is 13.1. The molecule has 2 heterocycles. The van der Waals surface area contributed by atoms with E-state index in [-0.39, 0.29) is 0 Å². The van der Waals surface area contributed by atoms with E-state index >= 15 is 0 Å². The zero-order valence-corrected chi connectivity index (χ0v) is 29.6. The molecule has 1 aliphatic carbocycles. The number of hydrogen-bond donors (Lipinski definition) is 0. The summed E-state index contributed by atoms with van der Waals surface area (Å²) in [6, 6.07) is 65.1. The van der Waals surface area contributed by atoms with Crippen LogP contribution in [0.3, 0.4) is 0 Å². The molecule has 254 valence electrons. The SMILES string of the molecule is c1ccc(-c2nc(-c3ccc4ccccc4c3)nc(-c3cc(-n4c5ccccc5c5cc6ccccc6cc54)cc4c3-c3cccc5cccc-4c35)n2)cc1. The van der Waals surface area contributed by atoms with Gasteiger partial charge in [-0.1, -0.05) is 146 Å². The second-order valence-electron chi connectivity index (χ2n) is 14.4. The molecular weight excluding hydrogens is 669 g/mol. The topological polar surface area (TPSA) is 43.6 Å². The molecule has 4 heteroatoms. The number of fused-ring (bicyclic) bond motifs is 8. The second-order valence-corrected chi connectivity index (χ2v) is 14.4. The van der Waals surface area contributed by atoms with Crippen LogP contribution in [0.4, 0.5) is 0 Å². The molecule has 0 N–H and O–H groups in total. The number of benzene rings is 9. The van der Waals surface area contributed by atoms with E-state index in [0.29, 0.717) is 17.5 Å². The first-order valence-corrected chi connectivity index (χ1v) is 18.7. The molecule has 0 spiro atoms. The van der Waals surface area contributed by atoms with Crippen LogP contribution in [0.5, 0.6) is 0 Å². The Balaban J connectivity index is 1.19. The normalized spacial score (nSPS) is 12.0. The van der Waals surface area contributed by atoms with Crippen LogP contribution in [-0.4, -0.2) is 19.5 Å². The molecule has 0 amide bonds. The lowest BCUT2D eigenvalue weighted by molar-refractivity contribution is 1.07. The van der Waals surface area contributed by atoms with Crippen LogP contribution in [0.25, 0.3) is 116 Å². The van der Waals surface area contributed by atoms with Crippen molar-refractivity contribution in [2.24, 2.45) is 0 Å². The molecule has 0 saturated carbocycles. The van der Waals surface area contributed by atoms with E-state index in [1.165, 1.54) is 54.4 Å². The van der Waals surface area contributed by atoms with E-state index in [1.54, 1.807) is 0 Å². The predicted molar refractivity (Wildman–Crippen MR) is 227 cm³/mol. The fourth-order valence-electron chi connectivity index (χ4n) is 8.81. The summed E-state index contributed by atoms with van der Waals surface area (Å²) in [4.78, 5) is 15.8. The number of hydrogen-bond acceptors (Lipinski definition) is 3. The fourth-order valence-corrected chi connectivity index (χ4v) is 8.81. The van der Waals surface area contributed by atoms with Crippen molar-refractivity contribution in [1.29, 1.82) is 0 Å². The van der Waals surface area contributed by atoms with Gasteiger partial charge in [-0.05, 0) is 85.4 Å². The van der Waals surface area contributed by atoms with Gasteiger partial charge in [-0.2, -0.15) is 0 Å². The molecular formula is C51H30N4. The summed E-state index contributed by atoms with van der Waals surface area (Å²) in [5.41, 5.74) is 11.0. The Hall–Kier alpha value is -7.43. The number of nitrogens with zero attached hydrogens (tertiary/aromatic N) is 4. The van der Waals surface area contributed by atoms with Crippen molar-refractivity contribution in [2.45, 2.75) is 0 Å². The van der Waals surface area contributed by atoms with E-state index in [9.17, 15) is 0 Å². The first kappa shape index (κ1) is 30.1. The number of rotatable bonds is 4. The van der Waals surface area contributed by atoms with Gasteiger partial charge in [-0.25, -0.2) is 15.0 Å². The van der Waals surface area contributed by atoms with E-state index < -0.39 is 0 Å². The van der Waals surface area contributed by atoms with Crippen LogP contribution in [-0.2, 0) is 0 Å². The van der Waals surface area contributed by atoms with Crippen LogP contribution in [0, 0.1) is 0 Å². The first-order valence-electron chi connectivity index (χ1n) is 18.7. The van der Waals surface area contributed by atoms with Crippen molar-refractivity contribution in [3.8, 4) is 62.1 Å². The summed E-state index contributed by atoms with van der Waals surface area (Å²) in [7, 11) is 0. The second kappa shape index (κ2) is 11.5. The van der Waals surface area contributed by atoms with Crippen molar-refractivity contribution in [3.63, 3.8) is 0 Å². The Labute approximate surface area is 316 Å². The van der Waals surface area contributed by atoms with Gasteiger partial charge < -0.3 is 4.57 Å². The molecule has 0 atom stereocenters. The summed E-state index contributed by atoms with van der Waals surface area (Å²) in [5, 5.41) is 9.70. The van der Waals surface area contributed by atoms with E-state index in [1.807, 2.05) is 18.2 Å². The third-order valence-electron chi connectivity index (χ3n) is 11.3. The maximum absolute atomic E-state index is 5.37. The van der Waals surface area contributed by atoms with Gasteiger partial charge >= 0.3 is 0 Å². The Kier molecular flexibility index (Phi) is 6.31. The highest BCUT2D eigenvalue weighted by Gasteiger charge is 2.28. The van der Waals surface area contributed by atoms with Crippen LogP contribution in [0.1, 0.15) is 0 Å². The standard InChI is InChI=1S/C51H30N4/c1-2-13-33(14-3-1)49-52-50(37-25-24-31-12-4-5-15-34(31)26-37)54-51(53-49)44-30-38(29-43-40-21-10-18-32-19-11-22-41(47(32)40)48(43)44)55-45-23-9-8-20-39(45)42-27-35-16-6-7-17-36(35)28-46(42)55/h1-30H. The fraction of sp³-hybridized carbons (Fsp3) is 0. The van der Waals surface area contributed by atoms with Gasteiger partial charge in [-0.15, -0.1) is 0 Å². The maximum atomic E-state index is 5.37. The molecule has 55 heavy (non-hydrogen) atoms. The molecule has 1 aliphatic rings. The van der Waals surface area contributed by atoms with Crippen LogP contribution in [0.15, 0.2) is 182 Å². The van der Waals surface area contributed by atoms with Gasteiger partial charge in [-0.3, -0.25) is 0 Å². The molecule has 0 saturated heterocycles. The minimum absolute atomic E-state index is 0.643. The molecule has 4 nitrogen and oxygen atoms in total. The molecule has 0 aliphatic heterocycles. The molecule has 2 aromatic heterocycles. The van der Waals surface area contributed by atoms with Gasteiger partial charge in [0, 0.05) is 38.7 Å². The third-order valence-corrected chi connectivity index (χ3v) is 11.3. The van der Waals surface area contributed by atoms with Gasteiger partial charge in [0.15, 0.2) is 17.5 Å². The maximum Gasteiger partial charge on any atom is 0.164 e. The van der Waals surface area contributed by atoms with Crippen molar-refractivity contribution in [3.05, 3.63) is 182 Å². The molecule has 0 bridgehead atoms. The monoisotopic (exact) mass is 698 g/mol. The zero-order chi connectivity index (χ0) is 36.0. The summed E-state index contributed by atoms with van der Waals surface area (Å²) in [6.45, 7) is 0. The molecule has 11 aromatic rings. The Morgan fingerprint density at radius 3 is 1.76 bits per heavy atom. The van der Waals surface area contributed by atoms with E-state index in [4.69, 9.17) is 15.0 Å².